The first kappa shape index (κ1) is 20.2. The van der Waals surface area contributed by atoms with E-state index in [2.05, 4.69) is 21.0 Å². The van der Waals surface area contributed by atoms with Crippen molar-refractivity contribution in [3.8, 4) is 5.75 Å². The molecule has 0 radical (unpaired) electrons. The van der Waals surface area contributed by atoms with Crippen LogP contribution in [0.15, 0.2) is 50.8 Å². The second-order valence-electron chi connectivity index (χ2n) is 7.30. The summed E-state index contributed by atoms with van der Waals surface area (Å²) >= 11 is 3.38. The summed E-state index contributed by atoms with van der Waals surface area (Å²) < 4.78 is 2.02. The van der Waals surface area contributed by atoms with Gasteiger partial charge in [0.25, 0.3) is 5.56 Å². The maximum absolute atomic E-state index is 13.2. The molecule has 30 heavy (non-hydrogen) atoms. The fraction of sp³-hybridized carbons (Fsp3) is 0.286. The number of aromatic hydroxyl groups is 1. The lowest BCUT2D eigenvalue weighted by Gasteiger charge is -2.22. The number of benzene rings is 2. The van der Waals surface area contributed by atoms with Crippen LogP contribution in [0.2, 0.25) is 0 Å². The van der Waals surface area contributed by atoms with E-state index in [1.165, 1.54) is 29.1 Å². The molecule has 3 aromatic rings. The number of phenols is 1. The van der Waals surface area contributed by atoms with Gasteiger partial charge in [0, 0.05) is 22.0 Å². The van der Waals surface area contributed by atoms with Gasteiger partial charge in [0.2, 0.25) is 5.75 Å². The molecule has 2 aromatic carbocycles. The standard InChI is InChI=1S/C21H19BrN4O4/c22-15-9-10-17-16(11-15)21(28)25(20(24-17)13-5-2-1-3-6-13)23-12-14-7-4-8-18(19(14)27)26(29)30/h4,7-13,27H,1-3,5-6H2. The van der Waals surface area contributed by atoms with Gasteiger partial charge in [0.15, 0.2) is 0 Å². The number of nitrogens with zero attached hydrogens (tertiary/aromatic N) is 4. The number of hydrogen-bond donors (Lipinski definition) is 1. The molecule has 0 saturated heterocycles. The van der Waals surface area contributed by atoms with E-state index in [1.54, 1.807) is 12.1 Å². The molecule has 1 fully saturated rings. The van der Waals surface area contributed by atoms with Gasteiger partial charge >= 0.3 is 5.69 Å². The number of rotatable bonds is 4. The first-order valence-electron chi connectivity index (χ1n) is 9.68. The molecule has 1 aromatic heterocycles. The molecule has 1 heterocycles. The van der Waals surface area contributed by atoms with E-state index in [-0.39, 0.29) is 17.0 Å². The number of halogens is 1. The highest BCUT2D eigenvalue weighted by atomic mass is 79.9. The molecule has 0 amide bonds. The second-order valence-corrected chi connectivity index (χ2v) is 8.22. The number of para-hydroxylation sites is 1. The summed E-state index contributed by atoms with van der Waals surface area (Å²) in [5, 5.41) is 26.0. The normalized spacial score (nSPS) is 15.1. The highest BCUT2D eigenvalue weighted by Gasteiger charge is 2.23. The SMILES string of the molecule is O=c1c2cc(Br)ccc2nc(C2CCCCC2)n1N=Cc1cccc([N+](=O)[O-])c1O. The van der Waals surface area contributed by atoms with Crippen LogP contribution >= 0.6 is 15.9 Å². The third-order valence-corrected chi connectivity index (χ3v) is 5.85. The van der Waals surface area contributed by atoms with Gasteiger partial charge in [-0.15, -0.1) is 0 Å². The van der Waals surface area contributed by atoms with E-state index in [4.69, 9.17) is 4.98 Å². The lowest BCUT2D eigenvalue weighted by Crippen LogP contribution is -2.25. The van der Waals surface area contributed by atoms with Crippen molar-refractivity contribution in [2.75, 3.05) is 0 Å². The van der Waals surface area contributed by atoms with Gasteiger partial charge in [-0.2, -0.15) is 9.78 Å². The van der Waals surface area contributed by atoms with Crippen molar-refractivity contribution >= 4 is 38.7 Å². The predicted molar refractivity (Wildman–Crippen MR) is 117 cm³/mol. The van der Waals surface area contributed by atoms with Gasteiger partial charge in [-0.1, -0.05) is 41.3 Å². The zero-order chi connectivity index (χ0) is 21.3. The van der Waals surface area contributed by atoms with E-state index in [9.17, 15) is 20.0 Å². The van der Waals surface area contributed by atoms with Gasteiger partial charge in [-0.25, -0.2) is 4.98 Å². The predicted octanol–water partition coefficient (Wildman–Crippen LogP) is 4.70. The first-order chi connectivity index (χ1) is 14.5. The summed E-state index contributed by atoms with van der Waals surface area (Å²) in [6.45, 7) is 0. The Hall–Kier alpha value is -3.07. The van der Waals surface area contributed by atoms with Gasteiger partial charge < -0.3 is 5.11 Å². The molecular weight excluding hydrogens is 452 g/mol. The molecule has 1 N–H and O–H groups in total. The van der Waals surface area contributed by atoms with Gasteiger partial charge in [0.05, 0.1) is 22.0 Å². The quantitative estimate of drug-likeness (QED) is 0.337. The molecule has 1 saturated carbocycles. The smallest absolute Gasteiger partial charge is 0.311 e. The minimum absolute atomic E-state index is 0.107. The third kappa shape index (κ3) is 3.85. The molecule has 4 rings (SSSR count). The van der Waals surface area contributed by atoms with Crippen molar-refractivity contribution in [2.24, 2.45) is 5.10 Å². The Bertz CT molecular complexity index is 1220. The second kappa shape index (κ2) is 8.35. The van der Waals surface area contributed by atoms with E-state index < -0.39 is 16.4 Å². The van der Waals surface area contributed by atoms with Crippen LogP contribution in [0.25, 0.3) is 10.9 Å². The summed E-state index contributed by atoms with van der Waals surface area (Å²) in [6.07, 6.45) is 6.40. The molecule has 0 aliphatic heterocycles. The van der Waals surface area contributed by atoms with E-state index >= 15 is 0 Å². The topological polar surface area (TPSA) is 111 Å². The number of nitro benzene ring substituents is 1. The van der Waals surface area contributed by atoms with Crippen molar-refractivity contribution in [3.05, 3.63) is 72.7 Å². The average Bonchev–Trinajstić information content (AvgIpc) is 2.74. The molecule has 1 aliphatic rings. The number of fused-ring (bicyclic) bond motifs is 1. The molecule has 8 nitrogen and oxygen atoms in total. The molecule has 0 atom stereocenters. The van der Waals surface area contributed by atoms with Crippen molar-refractivity contribution in [3.63, 3.8) is 0 Å². The minimum Gasteiger partial charge on any atom is -0.502 e. The summed E-state index contributed by atoms with van der Waals surface area (Å²) in [7, 11) is 0. The maximum Gasteiger partial charge on any atom is 0.311 e. The summed E-state index contributed by atoms with van der Waals surface area (Å²) in [5.74, 6) is 0.195. The van der Waals surface area contributed by atoms with Gasteiger partial charge in [-0.3, -0.25) is 14.9 Å². The molecule has 0 unspecified atom stereocenters. The zero-order valence-electron chi connectivity index (χ0n) is 16.0. The number of aromatic nitrogens is 2. The molecule has 9 heteroatoms. The van der Waals surface area contributed by atoms with Crippen LogP contribution in [0.3, 0.4) is 0 Å². The Balaban J connectivity index is 1.87. The summed E-state index contributed by atoms with van der Waals surface area (Å²) in [4.78, 5) is 28.4. The lowest BCUT2D eigenvalue weighted by molar-refractivity contribution is -0.385. The Morgan fingerprint density at radius 3 is 2.73 bits per heavy atom. The molecular formula is C21H19BrN4O4. The number of nitro groups is 1. The molecule has 0 bridgehead atoms. The number of phenolic OH excluding ortho intramolecular Hbond substituents is 1. The van der Waals surface area contributed by atoms with Crippen LogP contribution in [0, 0.1) is 10.1 Å². The molecule has 0 spiro atoms. The zero-order valence-corrected chi connectivity index (χ0v) is 17.6. The Labute approximate surface area is 180 Å². The van der Waals surface area contributed by atoms with Crippen LogP contribution in [-0.4, -0.2) is 25.9 Å². The van der Waals surface area contributed by atoms with E-state index in [0.717, 1.165) is 36.6 Å². The number of hydrogen-bond acceptors (Lipinski definition) is 6. The first-order valence-corrected chi connectivity index (χ1v) is 10.5. The fourth-order valence-electron chi connectivity index (χ4n) is 3.82. The Morgan fingerprint density at radius 1 is 1.23 bits per heavy atom. The third-order valence-electron chi connectivity index (χ3n) is 5.36. The van der Waals surface area contributed by atoms with Crippen LogP contribution in [0.1, 0.15) is 49.4 Å². The monoisotopic (exact) mass is 470 g/mol. The largest absolute Gasteiger partial charge is 0.502 e. The van der Waals surface area contributed by atoms with Crippen molar-refractivity contribution in [2.45, 2.75) is 38.0 Å². The van der Waals surface area contributed by atoms with Gasteiger partial charge in [-0.05, 0) is 37.1 Å². The lowest BCUT2D eigenvalue weighted by atomic mass is 9.88. The van der Waals surface area contributed by atoms with Crippen LogP contribution in [0.5, 0.6) is 5.75 Å². The van der Waals surface area contributed by atoms with Crippen LogP contribution < -0.4 is 5.56 Å². The highest BCUT2D eigenvalue weighted by Crippen LogP contribution is 2.32. The van der Waals surface area contributed by atoms with E-state index in [1.807, 2.05) is 6.07 Å². The molecule has 154 valence electrons. The Kier molecular flexibility index (Phi) is 5.63. The maximum atomic E-state index is 13.2. The van der Waals surface area contributed by atoms with Crippen molar-refractivity contribution in [1.29, 1.82) is 0 Å². The molecule has 1 aliphatic carbocycles. The van der Waals surface area contributed by atoms with Crippen molar-refractivity contribution in [1.82, 2.24) is 9.66 Å². The van der Waals surface area contributed by atoms with Gasteiger partial charge in [0.1, 0.15) is 5.82 Å². The summed E-state index contributed by atoms with van der Waals surface area (Å²) in [6, 6.07) is 9.51. The summed E-state index contributed by atoms with van der Waals surface area (Å²) in [5.41, 5.74) is 0.0239. The Morgan fingerprint density at radius 2 is 2.00 bits per heavy atom. The van der Waals surface area contributed by atoms with Crippen molar-refractivity contribution < 1.29 is 10.0 Å². The minimum atomic E-state index is -0.665. The van der Waals surface area contributed by atoms with E-state index in [0.29, 0.717) is 16.7 Å². The fourth-order valence-corrected chi connectivity index (χ4v) is 4.18. The highest BCUT2D eigenvalue weighted by molar-refractivity contribution is 9.10. The van der Waals surface area contributed by atoms with Crippen LogP contribution in [-0.2, 0) is 0 Å². The average molecular weight is 471 g/mol. The van der Waals surface area contributed by atoms with Crippen LogP contribution in [0.4, 0.5) is 5.69 Å².